The molecule has 1 aromatic carbocycles. The average Bonchev–Trinajstić information content (AvgIpc) is 2.79. The lowest BCUT2D eigenvalue weighted by molar-refractivity contribution is 0.0987. The zero-order valence-electron chi connectivity index (χ0n) is 11.8. The largest absolute Gasteiger partial charge is 0.351 e. The van der Waals surface area contributed by atoms with Crippen molar-refractivity contribution in [3.63, 3.8) is 0 Å². The Bertz CT molecular complexity index is 809. The molecule has 1 heterocycles. The summed E-state index contributed by atoms with van der Waals surface area (Å²) in [5, 5.41) is 11.3. The molecule has 0 aliphatic rings. The standard InChI is InChI=1S/C13H15N3O4S/c1-7-4-10(21(14,18)19)5-11(9(7)3)16-13(17)12-8(2)6-15-20-12/h4-6H,1-3H3,(H,16,17)(H2,14,18,19). The quantitative estimate of drug-likeness (QED) is 0.891. The number of anilines is 1. The van der Waals surface area contributed by atoms with Gasteiger partial charge in [-0.2, -0.15) is 0 Å². The summed E-state index contributed by atoms with van der Waals surface area (Å²) in [5.41, 5.74) is 2.39. The van der Waals surface area contributed by atoms with E-state index in [4.69, 9.17) is 9.66 Å². The van der Waals surface area contributed by atoms with Crippen LogP contribution in [0.15, 0.2) is 27.7 Å². The molecule has 0 radical (unpaired) electrons. The SMILES string of the molecule is Cc1cnoc1C(=O)Nc1cc(S(N)(=O)=O)cc(C)c1C. The molecule has 0 atom stereocenters. The number of carbonyl (C=O) groups excluding carboxylic acids is 1. The van der Waals surface area contributed by atoms with Gasteiger partial charge in [0, 0.05) is 11.3 Å². The summed E-state index contributed by atoms with van der Waals surface area (Å²) in [6.45, 7) is 5.19. The summed E-state index contributed by atoms with van der Waals surface area (Å²) >= 11 is 0. The minimum absolute atomic E-state index is 0.0600. The van der Waals surface area contributed by atoms with Crippen LogP contribution in [0.25, 0.3) is 0 Å². The molecule has 0 spiro atoms. The van der Waals surface area contributed by atoms with Crippen molar-refractivity contribution < 1.29 is 17.7 Å². The van der Waals surface area contributed by atoms with Crippen molar-refractivity contribution in [2.24, 2.45) is 5.14 Å². The Hall–Kier alpha value is -2.19. The first kappa shape index (κ1) is 15.2. The number of benzene rings is 1. The van der Waals surface area contributed by atoms with Gasteiger partial charge < -0.3 is 9.84 Å². The highest BCUT2D eigenvalue weighted by Crippen LogP contribution is 2.24. The van der Waals surface area contributed by atoms with Crippen molar-refractivity contribution in [3.8, 4) is 0 Å². The van der Waals surface area contributed by atoms with Gasteiger partial charge in [-0.3, -0.25) is 4.79 Å². The number of hydrogen-bond donors (Lipinski definition) is 2. The summed E-state index contributed by atoms with van der Waals surface area (Å²) in [7, 11) is -3.85. The van der Waals surface area contributed by atoms with Gasteiger partial charge in [0.15, 0.2) is 0 Å². The van der Waals surface area contributed by atoms with Crippen molar-refractivity contribution in [2.45, 2.75) is 25.7 Å². The third-order valence-corrected chi connectivity index (χ3v) is 4.07. The molecule has 1 aromatic heterocycles. The molecule has 8 heteroatoms. The molecule has 0 fully saturated rings. The lowest BCUT2D eigenvalue weighted by Crippen LogP contribution is -2.16. The molecule has 112 valence electrons. The number of rotatable bonds is 3. The molecule has 2 aromatic rings. The number of hydrogen-bond acceptors (Lipinski definition) is 5. The fourth-order valence-electron chi connectivity index (χ4n) is 1.81. The number of aryl methyl sites for hydroxylation is 2. The first-order chi connectivity index (χ1) is 9.70. The first-order valence-corrected chi connectivity index (χ1v) is 7.61. The maximum atomic E-state index is 12.1. The topological polar surface area (TPSA) is 115 Å². The molecule has 0 aliphatic heterocycles. The van der Waals surface area contributed by atoms with Crippen LogP contribution in [-0.4, -0.2) is 19.5 Å². The number of sulfonamides is 1. The van der Waals surface area contributed by atoms with Crippen LogP contribution in [0.5, 0.6) is 0 Å². The van der Waals surface area contributed by atoms with Crippen molar-refractivity contribution in [1.29, 1.82) is 0 Å². The van der Waals surface area contributed by atoms with Crippen LogP contribution >= 0.6 is 0 Å². The van der Waals surface area contributed by atoms with Gasteiger partial charge in [0.1, 0.15) is 0 Å². The molecule has 0 saturated heterocycles. The maximum Gasteiger partial charge on any atom is 0.294 e. The Morgan fingerprint density at radius 1 is 1.24 bits per heavy atom. The van der Waals surface area contributed by atoms with Crippen LogP contribution in [0.2, 0.25) is 0 Å². The number of nitrogens with two attached hydrogens (primary N) is 1. The van der Waals surface area contributed by atoms with Crippen LogP contribution in [0.4, 0.5) is 5.69 Å². The minimum Gasteiger partial charge on any atom is -0.351 e. The number of primary sulfonamides is 1. The van der Waals surface area contributed by atoms with Crippen molar-refractivity contribution in [1.82, 2.24) is 5.16 Å². The van der Waals surface area contributed by atoms with Gasteiger partial charge in [-0.1, -0.05) is 5.16 Å². The zero-order chi connectivity index (χ0) is 15.8. The predicted molar refractivity (Wildman–Crippen MR) is 76.5 cm³/mol. The highest BCUT2D eigenvalue weighted by molar-refractivity contribution is 7.89. The molecule has 1 amide bonds. The lowest BCUT2D eigenvalue weighted by atomic mass is 10.1. The average molecular weight is 309 g/mol. The normalized spacial score (nSPS) is 11.4. The smallest absolute Gasteiger partial charge is 0.294 e. The van der Waals surface area contributed by atoms with E-state index in [9.17, 15) is 13.2 Å². The second-order valence-electron chi connectivity index (χ2n) is 4.75. The number of amides is 1. The van der Waals surface area contributed by atoms with E-state index < -0.39 is 15.9 Å². The summed E-state index contributed by atoms with van der Waals surface area (Å²) in [5.74, 6) is -0.424. The number of aromatic nitrogens is 1. The number of nitrogens with one attached hydrogen (secondary N) is 1. The monoisotopic (exact) mass is 309 g/mol. The molecular weight excluding hydrogens is 294 g/mol. The fourth-order valence-corrected chi connectivity index (χ4v) is 2.43. The van der Waals surface area contributed by atoms with E-state index in [0.29, 0.717) is 16.8 Å². The van der Waals surface area contributed by atoms with Crippen LogP contribution in [0.3, 0.4) is 0 Å². The van der Waals surface area contributed by atoms with Crippen molar-refractivity contribution >= 4 is 21.6 Å². The maximum absolute atomic E-state index is 12.1. The highest BCUT2D eigenvalue weighted by Gasteiger charge is 2.18. The second-order valence-corrected chi connectivity index (χ2v) is 6.31. The summed E-state index contributed by atoms with van der Waals surface area (Å²) in [6, 6.07) is 2.78. The Labute approximate surface area is 122 Å². The Kier molecular flexibility index (Phi) is 3.84. The molecule has 21 heavy (non-hydrogen) atoms. The van der Waals surface area contributed by atoms with Gasteiger partial charge in [-0.15, -0.1) is 0 Å². The van der Waals surface area contributed by atoms with Gasteiger partial charge in [0.05, 0.1) is 11.1 Å². The van der Waals surface area contributed by atoms with Gasteiger partial charge in [-0.25, -0.2) is 13.6 Å². The van der Waals surface area contributed by atoms with E-state index in [0.717, 1.165) is 5.56 Å². The van der Waals surface area contributed by atoms with Crippen molar-refractivity contribution in [2.75, 3.05) is 5.32 Å². The first-order valence-electron chi connectivity index (χ1n) is 6.07. The fraction of sp³-hybridized carbons (Fsp3) is 0.231. The van der Waals surface area contributed by atoms with E-state index >= 15 is 0 Å². The van der Waals surface area contributed by atoms with E-state index in [1.807, 2.05) is 0 Å². The summed E-state index contributed by atoms with van der Waals surface area (Å²) < 4.78 is 27.8. The Morgan fingerprint density at radius 3 is 2.43 bits per heavy atom. The van der Waals surface area contributed by atoms with Gasteiger partial charge in [0.2, 0.25) is 15.8 Å². The highest BCUT2D eigenvalue weighted by atomic mass is 32.2. The van der Waals surface area contributed by atoms with Crippen LogP contribution < -0.4 is 10.5 Å². The molecule has 0 unspecified atom stereocenters. The molecule has 0 bridgehead atoms. The van der Waals surface area contributed by atoms with Gasteiger partial charge >= 0.3 is 0 Å². The third kappa shape index (κ3) is 3.11. The number of nitrogens with zero attached hydrogens (tertiary/aromatic N) is 1. The van der Waals surface area contributed by atoms with Crippen LogP contribution in [-0.2, 0) is 10.0 Å². The van der Waals surface area contributed by atoms with Gasteiger partial charge in [-0.05, 0) is 44.0 Å². The van der Waals surface area contributed by atoms with Crippen LogP contribution in [0.1, 0.15) is 27.2 Å². The summed E-state index contributed by atoms with van der Waals surface area (Å²) in [6.07, 6.45) is 1.42. The Morgan fingerprint density at radius 2 is 1.90 bits per heavy atom. The summed E-state index contributed by atoms with van der Waals surface area (Å²) in [4.78, 5) is 12.0. The molecule has 3 N–H and O–H groups in total. The molecular formula is C13H15N3O4S. The van der Waals surface area contributed by atoms with E-state index in [1.165, 1.54) is 18.3 Å². The van der Waals surface area contributed by atoms with E-state index in [1.54, 1.807) is 20.8 Å². The van der Waals surface area contributed by atoms with Gasteiger partial charge in [0.25, 0.3) is 5.91 Å². The van der Waals surface area contributed by atoms with E-state index in [2.05, 4.69) is 10.5 Å². The van der Waals surface area contributed by atoms with Crippen molar-refractivity contribution in [3.05, 3.63) is 40.8 Å². The lowest BCUT2D eigenvalue weighted by Gasteiger charge is -2.12. The Balaban J connectivity index is 2.43. The minimum atomic E-state index is -3.85. The number of carbonyl (C=O) groups is 1. The molecule has 0 saturated carbocycles. The molecule has 0 aliphatic carbocycles. The predicted octanol–water partition coefficient (Wildman–Crippen LogP) is 1.50. The molecule has 7 nitrogen and oxygen atoms in total. The molecule has 2 rings (SSSR count). The van der Waals surface area contributed by atoms with Crippen LogP contribution in [0, 0.1) is 20.8 Å². The third-order valence-electron chi connectivity index (χ3n) is 3.17. The zero-order valence-corrected chi connectivity index (χ0v) is 12.6. The van der Waals surface area contributed by atoms with E-state index in [-0.39, 0.29) is 10.7 Å². The second kappa shape index (κ2) is 5.30.